The molecule has 0 bridgehead atoms. The normalized spacial score (nSPS) is 11.7. The lowest BCUT2D eigenvalue weighted by molar-refractivity contribution is -0.121. The number of amides is 1. The highest BCUT2D eigenvalue weighted by Crippen LogP contribution is 2.23. The van der Waals surface area contributed by atoms with Crippen LogP contribution in [0.1, 0.15) is 25.7 Å². The molecule has 2 aromatic rings. The molecule has 1 aromatic heterocycles. The Balaban J connectivity index is 0.00000242. The van der Waals surface area contributed by atoms with Gasteiger partial charge >= 0.3 is 6.55 Å². The number of alkyl halides is 2. The van der Waals surface area contributed by atoms with E-state index in [9.17, 15) is 13.6 Å². The van der Waals surface area contributed by atoms with Crippen molar-refractivity contribution in [3.05, 3.63) is 30.1 Å². The molecule has 0 saturated carbocycles. The summed E-state index contributed by atoms with van der Waals surface area (Å²) in [6, 6.07) is 6.51. The number of aromatic nitrogens is 2. The number of hydrogen-bond acceptors (Lipinski definition) is 3. The first-order chi connectivity index (χ1) is 9.99. The van der Waals surface area contributed by atoms with E-state index in [1.807, 2.05) is 0 Å². The summed E-state index contributed by atoms with van der Waals surface area (Å²) in [5.74, 6) is 0.0667. The zero-order valence-electron chi connectivity index (χ0n) is 12.5. The molecule has 0 aliphatic heterocycles. The largest absolute Gasteiger partial charge is 0.356 e. The van der Waals surface area contributed by atoms with Crippen molar-refractivity contribution in [2.75, 3.05) is 6.54 Å². The van der Waals surface area contributed by atoms with Crippen LogP contribution in [0.3, 0.4) is 0 Å². The monoisotopic (exact) mass is 368 g/mol. The van der Waals surface area contributed by atoms with Gasteiger partial charge in [0, 0.05) is 25.4 Å². The number of halogens is 4. The fourth-order valence-corrected chi connectivity index (χ4v) is 2.17. The smallest absolute Gasteiger partial charge is 0.320 e. The van der Waals surface area contributed by atoms with Crippen molar-refractivity contribution >= 4 is 41.8 Å². The van der Waals surface area contributed by atoms with Crippen molar-refractivity contribution in [1.82, 2.24) is 14.9 Å². The van der Waals surface area contributed by atoms with E-state index in [1.54, 1.807) is 31.2 Å². The van der Waals surface area contributed by atoms with Gasteiger partial charge in [-0.15, -0.1) is 24.8 Å². The summed E-state index contributed by atoms with van der Waals surface area (Å²) in [7, 11) is 0. The van der Waals surface area contributed by atoms with E-state index in [2.05, 4.69) is 10.3 Å². The van der Waals surface area contributed by atoms with Crippen LogP contribution in [0.4, 0.5) is 8.78 Å². The number of carbonyl (C=O) groups excluding carboxylic acids is 1. The van der Waals surface area contributed by atoms with Crippen LogP contribution in [-0.2, 0) is 11.2 Å². The van der Waals surface area contributed by atoms with E-state index in [0.29, 0.717) is 11.0 Å². The number of nitrogens with zero attached hydrogens (tertiary/aromatic N) is 2. The molecule has 2 rings (SSSR count). The number of para-hydroxylation sites is 2. The molecule has 0 radical (unpaired) electrons. The summed E-state index contributed by atoms with van der Waals surface area (Å²) in [5.41, 5.74) is 6.43. The van der Waals surface area contributed by atoms with Gasteiger partial charge in [-0.25, -0.2) is 4.98 Å². The molecule has 1 aromatic carbocycles. The zero-order chi connectivity index (χ0) is 15.4. The van der Waals surface area contributed by atoms with Gasteiger partial charge < -0.3 is 11.1 Å². The standard InChI is InChI=1S/C14H18F2N4O.2ClH/c1-9(17)8-13(21)18-7-6-12-19-10-4-2-3-5-11(10)20(12)14(15)16;;/h2-5,9,14H,6-8,17H2,1H3,(H,18,21);2*1H. The summed E-state index contributed by atoms with van der Waals surface area (Å²) in [5, 5.41) is 2.66. The Kier molecular flexibility index (Phi) is 9.04. The molecule has 0 spiro atoms. The molecule has 0 aliphatic rings. The van der Waals surface area contributed by atoms with E-state index >= 15 is 0 Å². The third kappa shape index (κ3) is 5.60. The van der Waals surface area contributed by atoms with Crippen LogP contribution in [0, 0.1) is 0 Å². The second-order valence-electron chi connectivity index (χ2n) is 4.95. The van der Waals surface area contributed by atoms with Crippen LogP contribution < -0.4 is 11.1 Å². The minimum atomic E-state index is -2.66. The first kappa shape index (κ1) is 21.6. The lowest BCUT2D eigenvalue weighted by Gasteiger charge is -2.09. The molecule has 0 fully saturated rings. The summed E-state index contributed by atoms with van der Waals surface area (Å²) in [6.07, 6.45) is 0.453. The van der Waals surface area contributed by atoms with Crippen LogP contribution in [-0.4, -0.2) is 28.0 Å². The summed E-state index contributed by atoms with van der Waals surface area (Å²) in [4.78, 5) is 15.7. The fraction of sp³-hybridized carbons (Fsp3) is 0.429. The molecule has 3 N–H and O–H groups in total. The molecule has 1 atom stereocenters. The Bertz CT molecular complexity index is 634. The molecule has 0 aliphatic carbocycles. The van der Waals surface area contributed by atoms with Gasteiger partial charge in [0.1, 0.15) is 5.82 Å². The number of nitrogens with one attached hydrogen (secondary N) is 1. The van der Waals surface area contributed by atoms with Crippen LogP contribution in [0.25, 0.3) is 11.0 Å². The maximum absolute atomic E-state index is 13.2. The minimum absolute atomic E-state index is 0. The lowest BCUT2D eigenvalue weighted by Crippen LogP contribution is -2.31. The van der Waals surface area contributed by atoms with E-state index in [0.717, 1.165) is 4.57 Å². The van der Waals surface area contributed by atoms with Gasteiger partial charge in [0.15, 0.2) is 0 Å². The molecular formula is C14H20Cl2F2N4O. The Hall–Kier alpha value is -1.44. The van der Waals surface area contributed by atoms with Gasteiger partial charge in [-0.1, -0.05) is 12.1 Å². The third-order valence-electron chi connectivity index (χ3n) is 3.04. The van der Waals surface area contributed by atoms with Gasteiger partial charge in [0.05, 0.1) is 11.0 Å². The molecule has 23 heavy (non-hydrogen) atoms. The maximum atomic E-state index is 13.2. The van der Waals surface area contributed by atoms with Gasteiger partial charge in [-0.05, 0) is 19.1 Å². The maximum Gasteiger partial charge on any atom is 0.320 e. The highest BCUT2D eigenvalue weighted by molar-refractivity contribution is 5.85. The second-order valence-corrected chi connectivity index (χ2v) is 4.95. The minimum Gasteiger partial charge on any atom is -0.356 e. The van der Waals surface area contributed by atoms with Crippen molar-refractivity contribution in [2.45, 2.75) is 32.4 Å². The Morgan fingerprint density at radius 2 is 2.00 bits per heavy atom. The molecular weight excluding hydrogens is 349 g/mol. The van der Waals surface area contributed by atoms with E-state index in [4.69, 9.17) is 5.73 Å². The van der Waals surface area contributed by atoms with Crippen molar-refractivity contribution in [3.8, 4) is 0 Å². The number of nitrogens with two attached hydrogens (primary N) is 1. The number of carbonyl (C=O) groups is 1. The number of benzene rings is 1. The predicted octanol–water partition coefficient (Wildman–Crippen LogP) is 2.67. The van der Waals surface area contributed by atoms with E-state index in [1.165, 1.54) is 0 Å². The molecule has 1 unspecified atom stereocenters. The Morgan fingerprint density at radius 1 is 1.35 bits per heavy atom. The molecule has 5 nitrogen and oxygen atoms in total. The summed E-state index contributed by atoms with van der Waals surface area (Å²) in [6.45, 7) is -0.677. The van der Waals surface area contributed by atoms with Gasteiger partial charge in [0.25, 0.3) is 0 Å². The SMILES string of the molecule is CC(N)CC(=O)NCCc1nc2ccccc2n1C(F)F.Cl.Cl. The van der Waals surface area contributed by atoms with Crippen molar-refractivity contribution < 1.29 is 13.6 Å². The Labute approximate surface area is 145 Å². The van der Waals surface area contributed by atoms with E-state index in [-0.39, 0.29) is 62.0 Å². The number of rotatable bonds is 6. The van der Waals surface area contributed by atoms with Crippen LogP contribution in [0.15, 0.2) is 24.3 Å². The lowest BCUT2D eigenvalue weighted by atomic mass is 10.2. The van der Waals surface area contributed by atoms with Crippen LogP contribution in [0.5, 0.6) is 0 Å². The van der Waals surface area contributed by atoms with Gasteiger partial charge in [-0.3, -0.25) is 9.36 Å². The number of fused-ring (bicyclic) bond motifs is 1. The fourth-order valence-electron chi connectivity index (χ4n) is 2.17. The zero-order valence-corrected chi connectivity index (χ0v) is 14.2. The molecule has 0 saturated heterocycles. The highest BCUT2D eigenvalue weighted by atomic mass is 35.5. The topological polar surface area (TPSA) is 72.9 Å². The summed E-state index contributed by atoms with van der Waals surface area (Å²) >= 11 is 0. The average molecular weight is 369 g/mol. The second kappa shape index (κ2) is 9.64. The van der Waals surface area contributed by atoms with Gasteiger partial charge in [0.2, 0.25) is 5.91 Å². The predicted molar refractivity (Wildman–Crippen MR) is 90.5 cm³/mol. The Morgan fingerprint density at radius 3 is 2.61 bits per heavy atom. The molecule has 1 amide bonds. The summed E-state index contributed by atoms with van der Waals surface area (Å²) < 4.78 is 27.2. The average Bonchev–Trinajstić information content (AvgIpc) is 2.75. The highest BCUT2D eigenvalue weighted by Gasteiger charge is 2.17. The first-order valence-corrected chi connectivity index (χ1v) is 6.75. The van der Waals surface area contributed by atoms with E-state index < -0.39 is 6.55 Å². The molecule has 1 heterocycles. The molecule has 130 valence electrons. The van der Waals surface area contributed by atoms with Gasteiger partial charge in [-0.2, -0.15) is 8.78 Å². The third-order valence-corrected chi connectivity index (χ3v) is 3.04. The van der Waals surface area contributed by atoms with Crippen molar-refractivity contribution in [2.24, 2.45) is 5.73 Å². The number of hydrogen-bond donors (Lipinski definition) is 2. The van der Waals surface area contributed by atoms with Crippen molar-refractivity contribution in [3.63, 3.8) is 0 Å². The quantitative estimate of drug-likeness (QED) is 0.822. The number of imidazole rings is 1. The van der Waals surface area contributed by atoms with Crippen molar-refractivity contribution in [1.29, 1.82) is 0 Å². The first-order valence-electron chi connectivity index (χ1n) is 6.75. The van der Waals surface area contributed by atoms with Crippen LogP contribution in [0.2, 0.25) is 0 Å². The van der Waals surface area contributed by atoms with Crippen LogP contribution >= 0.6 is 24.8 Å². The molecule has 9 heteroatoms.